The number of aromatic nitrogens is 1. The molecule has 2 aromatic heterocycles. The molecule has 0 bridgehead atoms. The molecule has 4 heterocycles. The van der Waals surface area contributed by atoms with Crippen LogP contribution >= 0.6 is 0 Å². The van der Waals surface area contributed by atoms with Crippen LogP contribution in [0.5, 0.6) is 0 Å². The zero-order valence-electron chi connectivity index (χ0n) is 12.9. The third-order valence-electron chi connectivity index (χ3n) is 4.25. The first-order valence-electron chi connectivity index (χ1n) is 7.57. The zero-order chi connectivity index (χ0) is 16.9. The molecule has 0 saturated carbocycles. The topological polar surface area (TPSA) is 117 Å². The second kappa shape index (κ2) is 4.95. The Morgan fingerprint density at radius 1 is 1.29 bits per heavy atom. The van der Waals surface area contributed by atoms with Crippen molar-refractivity contribution in [1.29, 1.82) is 0 Å². The van der Waals surface area contributed by atoms with E-state index < -0.39 is 17.5 Å². The maximum Gasteiger partial charge on any atom is 0.323 e. The number of amides is 5. The predicted molar refractivity (Wildman–Crippen MR) is 83.4 cm³/mol. The molecule has 0 spiro atoms. The lowest BCUT2D eigenvalue weighted by atomic mass is 10.00. The molecule has 9 nitrogen and oxygen atoms in total. The predicted octanol–water partition coefficient (Wildman–Crippen LogP) is 0.802. The molecule has 2 aromatic rings. The first-order valence-corrected chi connectivity index (χ1v) is 7.57. The van der Waals surface area contributed by atoms with Gasteiger partial charge in [0.1, 0.15) is 17.1 Å². The van der Waals surface area contributed by atoms with E-state index in [1.807, 2.05) is 0 Å². The van der Waals surface area contributed by atoms with E-state index in [0.29, 0.717) is 30.0 Å². The van der Waals surface area contributed by atoms with Gasteiger partial charge in [0.2, 0.25) is 0 Å². The highest BCUT2D eigenvalue weighted by Crippen LogP contribution is 2.30. The third kappa shape index (κ3) is 2.08. The van der Waals surface area contributed by atoms with Gasteiger partial charge in [-0.1, -0.05) is 0 Å². The maximum absolute atomic E-state index is 12.0. The van der Waals surface area contributed by atoms with Gasteiger partial charge in [0.05, 0.1) is 0 Å². The van der Waals surface area contributed by atoms with Gasteiger partial charge in [-0.25, -0.2) is 14.6 Å². The van der Waals surface area contributed by atoms with Crippen LogP contribution in [-0.4, -0.2) is 36.0 Å². The smallest absolute Gasteiger partial charge is 0.323 e. The molecule has 1 unspecified atom stereocenters. The Labute approximate surface area is 136 Å². The summed E-state index contributed by atoms with van der Waals surface area (Å²) in [4.78, 5) is 41.3. The van der Waals surface area contributed by atoms with E-state index in [1.165, 1.54) is 0 Å². The molecule has 124 valence electrons. The van der Waals surface area contributed by atoms with Crippen LogP contribution in [0.25, 0.3) is 11.1 Å². The number of fused-ring (bicyclic) bond motifs is 1. The van der Waals surface area contributed by atoms with Crippen molar-refractivity contribution >= 4 is 34.9 Å². The SMILES string of the molecule is CC1(c2cc3nc(N4CCCNC4=O)ccc3o2)NC(=O)NC1=O. The summed E-state index contributed by atoms with van der Waals surface area (Å²) in [5.41, 5.74) is -0.294. The molecule has 3 N–H and O–H groups in total. The standard InChI is InChI=1S/C15H15N5O4/c1-15(12(21)18-13(22)19-15)10-7-8-9(24-10)3-4-11(17-8)20-6-2-5-16-14(20)23/h3-4,7H,2,5-6H2,1H3,(H,16,23)(H2,18,19,21,22). The lowest BCUT2D eigenvalue weighted by Gasteiger charge is -2.26. The Bertz CT molecular complexity index is 876. The summed E-state index contributed by atoms with van der Waals surface area (Å²) < 4.78 is 5.69. The quantitative estimate of drug-likeness (QED) is 0.705. The second-order valence-electron chi connectivity index (χ2n) is 5.93. The number of imide groups is 1. The summed E-state index contributed by atoms with van der Waals surface area (Å²) in [6.45, 7) is 2.80. The minimum absolute atomic E-state index is 0.189. The lowest BCUT2D eigenvalue weighted by molar-refractivity contribution is -0.124. The van der Waals surface area contributed by atoms with E-state index >= 15 is 0 Å². The summed E-state index contributed by atoms with van der Waals surface area (Å²) >= 11 is 0. The van der Waals surface area contributed by atoms with Gasteiger partial charge in [0.25, 0.3) is 5.91 Å². The van der Waals surface area contributed by atoms with Crippen molar-refractivity contribution in [3.05, 3.63) is 24.0 Å². The summed E-state index contributed by atoms with van der Waals surface area (Å²) in [5, 5.41) is 7.50. The van der Waals surface area contributed by atoms with Gasteiger partial charge in [-0.2, -0.15) is 0 Å². The molecular formula is C15H15N5O4. The van der Waals surface area contributed by atoms with E-state index in [-0.39, 0.29) is 11.8 Å². The number of hydrogen-bond acceptors (Lipinski definition) is 5. The van der Waals surface area contributed by atoms with Crippen LogP contribution in [0.4, 0.5) is 15.4 Å². The third-order valence-corrected chi connectivity index (χ3v) is 4.25. The van der Waals surface area contributed by atoms with E-state index in [0.717, 1.165) is 6.42 Å². The number of anilines is 1. The molecule has 2 aliphatic heterocycles. The zero-order valence-corrected chi connectivity index (χ0v) is 12.9. The van der Waals surface area contributed by atoms with Gasteiger partial charge < -0.3 is 15.1 Å². The first kappa shape index (κ1) is 14.5. The van der Waals surface area contributed by atoms with Crippen LogP contribution in [0.1, 0.15) is 19.1 Å². The van der Waals surface area contributed by atoms with Crippen molar-refractivity contribution < 1.29 is 18.8 Å². The fourth-order valence-electron chi connectivity index (χ4n) is 2.87. The number of hydrogen-bond donors (Lipinski definition) is 3. The highest BCUT2D eigenvalue weighted by Gasteiger charge is 2.46. The number of pyridine rings is 1. The largest absolute Gasteiger partial charge is 0.456 e. The summed E-state index contributed by atoms with van der Waals surface area (Å²) in [6, 6.07) is 4.23. The molecular weight excluding hydrogens is 314 g/mol. The summed E-state index contributed by atoms with van der Waals surface area (Å²) in [6.07, 6.45) is 0.840. The first-order chi connectivity index (χ1) is 11.5. The number of carbonyl (C=O) groups excluding carboxylic acids is 3. The van der Waals surface area contributed by atoms with Gasteiger partial charge in [0.15, 0.2) is 11.1 Å². The molecule has 2 aliphatic rings. The minimum Gasteiger partial charge on any atom is -0.456 e. The molecule has 0 aliphatic carbocycles. The number of furan rings is 1. The van der Waals surface area contributed by atoms with Crippen molar-refractivity contribution in [3.63, 3.8) is 0 Å². The van der Waals surface area contributed by atoms with Crippen molar-refractivity contribution in [2.45, 2.75) is 18.9 Å². The van der Waals surface area contributed by atoms with Crippen LogP contribution in [-0.2, 0) is 10.3 Å². The molecule has 4 rings (SSSR count). The van der Waals surface area contributed by atoms with Crippen LogP contribution < -0.4 is 20.9 Å². The average Bonchev–Trinajstić information content (AvgIpc) is 3.09. The van der Waals surface area contributed by atoms with Gasteiger partial charge >= 0.3 is 12.1 Å². The van der Waals surface area contributed by atoms with Gasteiger partial charge in [-0.15, -0.1) is 0 Å². The van der Waals surface area contributed by atoms with Gasteiger partial charge in [-0.05, 0) is 25.5 Å². The Morgan fingerprint density at radius 3 is 2.83 bits per heavy atom. The van der Waals surface area contributed by atoms with Crippen molar-refractivity contribution in [2.24, 2.45) is 0 Å². The lowest BCUT2D eigenvalue weighted by Crippen LogP contribution is -2.46. The van der Waals surface area contributed by atoms with Crippen molar-refractivity contribution in [3.8, 4) is 0 Å². The van der Waals surface area contributed by atoms with E-state index in [1.54, 1.807) is 30.0 Å². The highest BCUT2D eigenvalue weighted by molar-refractivity contribution is 6.07. The maximum atomic E-state index is 12.0. The summed E-state index contributed by atoms with van der Waals surface area (Å²) in [5.74, 6) is 0.313. The fourth-order valence-corrected chi connectivity index (χ4v) is 2.87. The monoisotopic (exact) mass is 329 g/mol. The van der Waals surface area contributed by atoms with Crippen LogP contribution in [0.15, 0.2) is 22.6 Å². The number of urea groups is 2. The van der Waals surface area contributed by atoms with Gasteiger partial charge in [0, 0.05) is 19.2 Å². The van der Waals surface area contributed by atoms with Crippen LogP contribution in [0.3, 0.4) is 0 Å². The van der Waals surface area contributed by atoms with Crippen molar-refractivity contribution in [1.82, 2.24) is 20.9 Å². The Balaban J connectivity index is 1.73. The van der Waals surface area contributed by atoms with E-state index in [2.05, 4.69) is 20.9 Å². The molecule has 2 fully saturated rings. The molecule has 9 heteroatoms. The number of nitrogens with one attached hydrogen (secondary N) is 3. The number of nitrogens with zero attached hydrogens (tertiary/aromatic N) is 2. The Morgan fingerprint density at radius 2 is 2.12 bits per heavy atom. The molecule has 5 amide bonds. The molecule has 24 heavy (non-hydrogen) atoms. The minimum atomic E-state index is -1.28. The van der Waals surface area contributed by atoms with Crippen molar-refractivity contribution in [2.75, 3.05) is 18.0 Å². The Hall–Kier alpha value is -3.10. The van der Waals surface area contributed by atoms with Crippen LogP contribution in [0, 0.1) is 0 Å². The highest BCUT2D eigenvalue weighted by atomic mass is 16.3. The summed E-state index contributed by atoms with van der Waals surface area (Å²) in [7, 11) is 0. The number of carbonyl (C=O) groups is 3. The Kier molecular flexibility index (Phi) is 2.99. The molecule has 1 atom stereocenters. The van der Waals surface area contributed by atoms with Crippen LogP contribution in [0.2, 0.25) is 0 Å². The molecule has 0 aromatic carbocycles. The molecule has 2 saturated heterocycles. The van der Waals surface area contributed by atoms with Gasteiger partial charge in [-0.3, -0.25) is 15.0 Å². The second-order valence-corrected chi connectivity index (χ2v) is 5.93. The molecule has 0 radical (unpaired) electrons. The van der Waals surface area contributed by atoms with E-state index in [9.17, 15) is 14.4 Å². The number of rotatable bonds is 2. The fraction of sp³-hybridized carbons (Fsp3) is 0.333. The normalized spacial score (nSPS) is 24.0. The average molecular weight is 329 g/mol. The van der Waals surface area contributed by atoms with E-state index in [4.69, 9.17) is 4.42 Å².